The molecule has 0 radical (unpaired) electrons. The maximum absolute atomic E-state index is 13.8. The zero-order chi connectivity index (χ0) is 15.6. The number of halogens is 1. The lowest BCUT2D eigenvalue weighted by atomic mass is 10.2. The van der Waals surface area contributed by atoms with Crippen molar-refractivity contribution in [1.29, 1.82) is 0 Å². The highest BCUT2D eigenvalue weighted by molar-refractivity contribution is 7.17. The van der Waals surface area contributed by atoms with Crippen molar-refractivity contribution in [2.45, 2.75) is 6.54 Å². The first-order valence-electron chi connectivity index (χ1n) is 7.70. The third kappa shape index (κ3) is 2.92. The van der Waals surface area contributed by atoms with E-state index < -0.39 is 0 Å². The molecule has 4 nitrogen and oxygen atoms in total. The summed E-state index contributed by atoms with van der Waals surface area (Å²) in [5, 5.41) is 2.05. The Morgan fingerprint density at radius 1 is 1.04 bits per heavy atom. The summed E-state index contributed by atoms with van der Waals surface area (Å²) in [6.07, 6.45) is 1.64. The summed E-state index contributed by atoms with van der Waals surface area (Å²) in [6, 6.07) is 9.04. The summed E-state index contributed by atoms with van der Waals surface area (Å²) >= 11 is 1.68. The van der Waals surface area contributed by atoms with Crippen molar-refractivity contribution in [2.75, 3.05) is 31.1 Å². The third-order valence-electron chi connectivity index (χ3n) is 4.25. The van der Waals surface area contributed by atoms with Crippen molar-refractivity contribution in [2.24, 2.45) is 0 Å². The lowest BCUT2D eigenvalue weighted by Gasteiger charge is -2.35. The minimum absolute atomic E-state index is 0.119. The van der Waals surface area contributed by atoms with Gasteiger partial charge in [-0.05, 0) is 17.5 Å². The van der Waals surface area contributed by atoms with Crippen LogP contribution in [-0.4, -0.2) is 41.0 Å². The van der Waals surface area contributed by atoms with Crippen LogP contribution in [0.4, 0.5) is 10.2 Å². The Kier molecular flexibility index (Phi) is 3.93. The second-order valence-corrected chi connectivity index (χ2v) is 6.60. The van der Waals surface area contributed by atoms with Gasteiger partial charge in [0.2, 0.25) is 0 Å². The molecule has 0 unspecified atom stereocenters. The monoisotopic (exact) mass is 328 g/mol. The molecule has 2 aromatic heterocycles. The number of nitrogens with zero attached hydrogens (tertiary/aromatic N) is 4. The molecular formula is C17H17FN4S. The number of piperazine rings is 1. The van der Waals surface area contributed by atoms with Gasteiger partial charge in [-0.2, -0.15) is 0 Å². The Morgan fingerprint density at radius 2 is 1.87 bits per heavy atom. The van der Waals surface area contributed by atoms with E-state index in [1.807, 2.05) is 18.2 Å². The van der Waals surface area contributed by atoms with Gasteiger partial charge in [0.25, 0.3) is 0 Å². The normalized spacial score (nSPS) is 16.1. The Morgan fingerprint density at radius 3 is 2.70 bits per heavy atom. The molecule has 3 aromatic rings. The number of thiophene rings is 1. The summed E-state index contributed by atoms with van der Waals surface area (Å²) in [4.78, 5) is 13.4. The number of fused-ring (bicyclic) bond motifs is 1. The fourth-order valence-electron chi connectivity index (χ4n) is 2.99. The Labute approximate surface area is 138 Å². The van der Waals surface area contributed by atoms with Crippen LogP contribution in [-0.2, 0) is 6.54 Å². The van der Waals surface area contributed by atoms with Gasteiger partial charge in [-0.1, -0.05) is 18.2 Å². The second kappa shape index (κ2) is 6.22. The van der Waals surface area contributed by atoms with Crippen LogP contribution in [0.15, 0.2) is 42.0 Å². The van der Waals surface area contributed by atoms with Crippen molar-refractivity contribution in [3.05, 3.63) is 53.4 Å². The number of hydrogen-bond donors (Lipinski definition) is 0. The fraction of sp³-hybridized carbons (Fsp3) is 0.294. The van der Waals surface area contributed by atoms with Gasteiger partial charge < -0.3 is 4.90 Å². The topological polar surface area (TPSA) is 32.3 Å². The number of rotatable bonds is 3. The number of hydrogen-bond acceptors (Lipinski definition) is 5. The van der Waals surface area contributed by atoms with E-state index in [1.165, 1.54) is 6.07 Å². The molecule has 1 aromatic carbocycles. The lowest BCUT2D eigenvalue weighted by molar-refractivity contribution is 0.246. The average Bonchev–Trinajstić information content (AvgIpc) is 3.06. The molecule has 0 bridgehead atoms. The molecule has 0 amide bonds. The number of aromatic nitrogens is 2. The van der Waals surface area contributed by atoms with Crippen LogP contribution in [0.25, 0.3) is 10.2 Å². The van der Waals surface area contributed by atoms with Gasteiger partial charge >= 0.3 is 0 Å². The van der Waals surface area contributed by atoms with Crippen molar-refractivity contribution < 1.29 is 4.39 Å². The second-order valence-electron chi connectivity index (χ2n) is 5.69. The highest BCUT2D eigenvalue weighted by atomic mass is 32.1. The third-order valence-corrected chi connectivity index (χ3v) is 5.15. The molecular weight excluding hydrogens is 311 g/mol. The van der Waals surface area contributed by atoms with E-state index in [0.29, 0.717) is 6.54 Å². The van der Waals surface area contributed by atoms with Crippen molar-refractivity contribution in [3.8, 4) is 0 Å². The van der Waals surface area contributed by atoms with Crippen LogP contribution in [0.5, 0.6) is 0 Å². The van der Waals surface area contributed by atoms with Crippen molar-refractivity contribution in [3.63, 3.8) is 0 Å². The molecule has 4 rings (SSSR count). The van der Waals surface area contributed by atoms with Gasteiger partial charge in [-0.15, -0.1) is 11.3 Å². The molecule has 1 aliphatic heterocycles. The largest absolute Gasteiger partial charge is 0.353 e. The predicted octanol–water partition coefficient (Wildman–Crippen LogP) is 3.15. The maximum atomic E-state index is 13.8. The van der Waals surface area contributed by atoms with Gasteiger partial charge in [0.05, 0.1) is 10.2 Å². The summed E-state index contributed by atoms with van der Waals surface area (Å²) in [6.45, 7) is 4.28. The molecule has 6 heteroatoms. The molecule has 1 aliphatic rings. The summed E-state index contributed by atoms with van der Waals surface area (Å²) < 4.78 is 14.9. The van der Waals surface area contributed by atoms with E-state index in [2.05, 4.69) is 25.1 Å². The summed E-state index contributed by atoms with van der Waals surface area (Å²) in [5.41, 5.74) is 1.78. The minimum atomic E-state index is -0.119. The first-order chi connectivity index (χ1) is 11.3. The van der Waals surface area contributed by atoms with Gasteiger partial charge in [-0.25, -0.2) is 14.4 Å². The van der Waals surface area contributed by atoms with E-state index in [-0.39, 0.29) is 5.82 Å². The molecule has 0 N–H and O–H groups in total. The molecule has 0 atom stereocenters. The average molecular weight is 328 g/mol. The van der Waals surface area contributed by atoms with Gasteiger partial charge in [0.15, 0.2) is 0 Å². The van der Waals surface area contributed by atoms with E-state index in [4.69, 9.17) is 0 Å². The first-order valence-corrected chi connectivity index (χ1v) is 8.58. The van der Waals surface area contributed by atoms with Gasteiger partial charge in [0.1, 0.15) is 18.0 Å². The smallest absolute Gasteiger partial charge is 0.150 e. The maximum Gasteiger partial charge on any atom is 0.150 e. The number of anilines is 1. The summed E-state index contributed by atoms with van der Waals surface area (Å²) in [5.74, 6) is 0.904. The molecule has 0 spiro atoms. The van der Waals surface area contributed by atoms with Crippen LogP contribution in [0.1, 0.15) is 5.56 Å². The minimum Gasteiger partial charge on any atom is -0.353 e. The van der Waals surface area contributed by atoms with E-state index in [0.717, 1.165) is 47.8 Å². The first kappa shape index (κ1) is 14.5. The number of benzene rings is 1. The summed E-state index contributed by atoms with van der Waals surface area (Å²) in [7, 11) is 0. The molecule has 0 aliphatic carbocycles. The van der Waals surface area contributed by atoms with E-state index in [1.54, 1.807) is 23.7 Å². The predicted molar refractivity (Wildman–Crippen MR) is 91.3 cm³/mol. The van der Waals surface area contributed by atoms with Gasteiger partial charge in [0, 0.05) is 38.3 Å². The molecule has 118 valence electrons. The zero-order valence-corrected chi connectivity index (χ0v) is 13.5. The quantitative estimate of drug-likeness (QED) is 0.739. The molecule has 23 heavy (non-hydrogen) atoms. The van der Waals surface area contributed by atoms with Crippen LogP contribution in [0.2, 0.25) is 0 Å². The van der Waals surface area contributed by atoms with Crippen LogP contribution < -0.4 is 4.90 Å². The lowest BCUT2D eigenvalue weighted by Crippen LogP contribution is -2.46. The zero-order valence-electron chi connectivity index (χ0n) is 12.7. The molecule has 0 saturated carbocycles. The van der Waals surface area contributed by atoms with Crippen LogP contribution >= 0.6 is 11.3 Å². The Balaban J connectivity index is 1.45. The van der Waals surface area contributed by atoms with Crippen molar-refractivity contribution in [1.82, 2.24) is 14.9 Å². The molecule has 1 fully saturated rings. The molecule has 1 saturated heterocycles. The highest BCUT2D eigenvalue weighted by Crippen LogP contribution is 2.28. The molecule has 3 heterocycles. The SMILES string of the molecule is Fc1ccccc1CN1CCN(c2ncnc3ccsc23)CC1. The highest BCUT2D eigenvalue weighted by Gasteiger charge is 2.21. The van der Waals surface area contributed by atoms with Crippen LogP contribution in [0.3, 0.4) is 0 Å². The Bertz CT molecular complexity index is 811. The van der Waals surface area contributed by atoms with Crippen molar-refractivity contribution >= 4 is 27.4 Å². The standard InChI is InChI=1S/C17H17FN4S/c18-14-4-2-1-3-13(14)11-21-6-8-22(9-7-21)17-16-15(5-10-23-16)19-12-20-17/h1-5,10,12H,6-9,11H2. The van der Waals surface area contributed by atoms with Crippen LogP contribution in [0, 0.1) is 5.82 Å². The van der Waals surface area contributed by atoms with E-state index in [9.17, 15) is 4.39 Å². The van der Waals surface area contributed by atoms with E-state index >= 15 is 0 Å². The fourth-order valence-corrected chi connectivity index (χ4v) is 3.85. The Hall–Kier alpha value is -2.05. The van der Waals surface area contributed by atoms with Gasteiger partial charge in [-0.3, -0.25) is 4.90 Å².